The molecule has 3 heterocycles. The summed E-state index contributed by atoms with van der Waals surface area (Å²) in [7, 11) is 4.40. The second-order valence-corrected chi connectivity index (χ2v) is 8.80. The van der Waals surface area contributed by atoms with E-state index in [0.29, 0.717) is 30.3 Å². The molecule has 3 unspecified atom stereocenters. The summed E-state index contributed by atoms with van der Waals surface area (Å²) in [5, 5.41) is 9.93. The van der Waals surface area contributed by atoms with E-state index in [0.717, 1.165) is 45.4 Å². The average molecular weight is 590 g/mol. The average Bonchev–Trinajstić information content (AvgIpc) is 2.65. The molecule has 4 bridgehead atoms. The normalized spacial score (nSPS) is 30.4. The second-order valence-electron chi connectivity index (χ2n) is 8.80. The molecule has 0 saturated carbocycles. The summed E-state index contributed by atoms with van der Waals surface area (Å²) >= 11 is 0. The first kappa shape index (κ1) is 25.4. The Balaban J connectivity index is 0.000000272. The summed E-state index contributed by atoms with van der Waals surface area (Å²) in [5.74, 6) is 0.305. The van der Waals surface area contributed by atoms with Crippen LogP contribution in [0.5, 0.6) is 0 Å². The molecule has 0 N–H and O–H groups in total. The van der Waals surface area contributed by atoms with Crippen molar-refractivity contribution >= 4 is 5.78 Å². The number of hydrogen-bond donors (Lipinski definition) is 0. The first-order chi connectivity index (χ1) is 14.1. The summed E-state index contributed by atoms with van der Waals surface area (Å²) in [6.07, 6.45) is 20.0. The number of fused-ring (bicyclic) bond motifs is 4. The van der Waals surface area contributed by atoms with Crippen LogP contribution in [0.3, 0.4) is 0 Å². The van der Waals surface area contributed by atoms with Gasteiger partial charge in [-0.25, -0.2) is 0 Å². The van der Waals surface area contributed by atoms with Gasteiger partial charge in [0.15, 0.2) is 0 Å². The molecule has 30 heavy (non-hydrogen) atoms. The van der Waals surface area contributed by atoms with Crippen LogP contribution in [0.25, 0.3) is 10.6 Å². The Hall–Kier alpha value is -0.911. The van der Waals surface area contributed by atoms with Crippen LogP contribution in [0, 0.1) is 6.42 Å². The molecule has 3 aliphatic heterocycles. The van der Waals surface area contributed by atoms with Gasteiger partial charge in [0.05, 0.1) is 0 Å². The van der Waals surface area contributed by atoms with Gasteiger partial charge in [0, 0.05) is 26.7 Å². The van der Waals surface area contributed by atoms with Crippen molar-refractivity contribution in [1.82, 2.24) is 9.80 Å². The number of likely N-dealkylation sites (N-methyl/N-ethyl adjacent to an activating group) is 2. The van der Waals surface area contributed by atoms with Gasteiger partial charge in [0.2, 0.25) is 0 Å². The standard InChI is InChI=1S/C16H26N4.C8H11O.Ir/c1-19-9-13-5-3-7-15(17-13)11-20(2)12-16-8-4-6-14(10-19)18-16;9-8-6-4-2-1-3-5-7-8;/h3,5,7,13-14,16H,4,6,8-12H2,1-2H3;1-2,7H,3-6H2;/q-2;-1;. The van der Waals surface area contributed by atoms with Gasteiger partial charge in [-0.05, 0) is 52.4 Å². The fourth-order valence-electron chi connectivity index (χ4n) is 4.46. The Bertz CT molecular complexity index is 618. The zero-order chi connectivity index (χ0) is 20.5. The molecule has 0 aromatic rings. The monoisotopic (exact) mass is 590 g/mol. The Kier molecular flexibility index (Phi) is 11.4. The van der Waals surface area contributed by atoms with E-state index in [-0.39, 0.29) is 20.1 Å². The number of carbonyl (C=O) groups is 1. The van der Waals surface area contributed by atoms with Crippen LogP contribution in [0.1, 0.15) is 44.9 Å². The van der Waals surface area contributed by atoms with E-state index in [1.807, 2.05) is 0 Å². The molecule has 6 heteroatoms. The van der Waals surface area contributed by atoms with Crippen LogP contribution in [-0.4, -0.2) is 74.0 Å². The van der Waals surface area contributed by atoms with E-state index < -0.39 is 0 Å². The molecule has 0 spiro atoms. The Morgan fingerprint density at radius 2 is 1.77 bits per heavy atom. The van der Waals surface area contributed by atoms with Crippen LogP contribution in [-0.2, 0) is 24.9 Å². The topological polar surface area (TPSA) is 51.8 Å². The van der Waals surface area contributed by atoms with E-state index in [9.17, 15) is 4.79 Å². The summed E-state index contributed by atoms with van der Waals surface area (Å²) in [5.41, 5.74) is 1.21. The maximum atomic E-state index is 10.7. The number of carbonyl (C=O) groups excluding carboxylic acids is 1. The van der Waals surface area contributed by atoms with Crippen molar-refractivity contribution in [3.8, 4) is 0 Å². The third kappa shape index (κ3) is 9.07. The van der Waals surface area contributed by atoms with Crippen LogP contribution >= 0.6 is 0 Å². The zero-order valence-corrected chi connectivity index (χ0v) is 20.9. The number of piperidine rings is 1. The minimum atomic E-state index is 0. The fraction of sp³-hybridized carbons (Fsp3) is 0.667. The maximum absolute atomic E-state index is 10.7. The van der Waals surface area contributed by atoms with Gasteiger partial charge in [-0.15, -0.1) is 17.8 Å². The van der Waals surface area contributed by atoms with Gasteiger partial charge in [-0.1, -0.05) is 62.1 Å². The molecule has 4 rings (SSSR count). The van der Waals surface area contributed by atoms with Gasteiger partial charge in [-0.3, -0.25) is 0 Å². The van der Waals surface area contributed by atoms with Crippen LogP contribution in [0.2, 0.25) is 0 Å². The van der Waals surface area contributed by atoms with Gasteiger partial charge in [0.25, 0.3) is 0 Å². The predicted octanol–water partition coefficient (Wildman–Crippen LogP) is 4.24. The number of ketones is 1. The summed E-state index contributed by atoms with van der Waals surface area (Å²) in [4.78, 5) is 15.5. The van der Waals surface area contributed by atoms with Crippen LogP contribution < -0.4 is 0 Å². The van der Waals surface area contributed by atoms with Gasteiger partial charge < -0.3 is 31.6 Å². The SMILES string of the molecule is CN1CC2=CC=CC(CN(C)CC3CCCC(C1)[N-]3)[N-]2.O=C1[CH-]CCC=CCC1.[Ir]. The predicted molar refractivity (Wildman–Crippen MR) is 121 cm³/mol. The van der Waals surface area contributed by atoms with Crippen molar-refractivity contribution in [2.24, 2.45) is 0 Å². The summed E-state index contributed by atoms with van der Waals surface area (Å²) in [6, 6.07) is 1.35. The van der Waals surface area contributed by atoms with Crippen molar-refractivity contribution in [2.45, 2.75) is 63.1 Å². The molecule has 2 fully saturated rings. The molecule has 1 aliphatic carbocycles. The largest absolute Gasteiger partial charge is 0.680 e. The molecular formula is C24H37IrN4O-3. The van der Waals surface area contributed by atoms with Crippen molar-refractivity contribution in [3.63, 3.8) is 0 Å². The number of hydrogen-bond acceptors (Lipinski definition) is 3. The first-order valence-corrected chi connectivity index (χ1v) is 11.2. The second kappa shape index (κ2) is 13.5. The van der Waals surface area contributed by atoms with Crippen LogP contribution in [0.15, 0.2) is 36.1 Å². The molecule has 2 saturated heterocycles. The maximum Gasteiger partial charge on any atom is 0.00244 e. The smallest absolute Gasteiger partial charge is 0.00244 e. The molecule has 171 valence electrons. The molecule has 0 amide bonds. The van der Waals surface area contributed by atoms with E-state index in [1.165, 1.54) is 25.0 Å². The van der Waals surface area contributed by atoms with E-state index in [4.69, 9.17) is 10.6 Å². The van der Waals surface area contributed by atoms with Gasteiger partial charge >= 0.3 is 0 Å². The number of Topliss-reactive ketones (excluding diaryl/α,β-unsaturated/α-hetero) is 1. The summed E-state index contributed by atoms with van der Waals surface area (Å²) in [6.45, 7) is 4.11. The zero-order valence-electron chi connectivity index (χ0n) is 18.5. The van der Waals surface area contributed by atoms with Crippen LogP contribution in [0.4, 0.5) is 0 Å². The fourth-order valence-corrected chi connectivity index (χ4v) is 4.46. The van der Waals surface area contributed by atoms with Crippen molar-refractivity contribution in [3.05, 3.63) is 53.1 Å². The quantitative estimate of drug-likeness (QED) is 0.314. The number of allylic oxidation sites excluding steroid dienone is 4. The van der Waals surface area contributed by atoms with Crippen molar-refractivity contribution in [1.29, 1.82) is 0 Å². The first-order valence-electron chi connectivity index (χ1n) is 11.2. The number of rotatable bonds is 0. The minimum Gasteiger partial charge on any atom is -0.680 e. The Labute approximate surface area is 196 Å². The minimum absolute atomic E-state index is 0. The third-order valence-electron chi connectivity index (χ3n) is 5.85. The van der Waals surface area contributed by atoms with Gasteiger partial charge in [0.1, 0.15) is 0 Å². The Morgan fingerprint density at radius 1 is 1.03 bits per heavy atom. The van der Waals surface area contributed by atoms with E-state index in [2.05, 4.69) is 54.3 Å². The van der Waals surface area contributed by atoms with Gasteiger partial charge in [-0.2, -0.15) is 6.42 Å². The van der Waals surface area contributed by atoms with E-state index in [1.54, 1.807) is 6.42 Å². The molecule has 4 aliphatic rings. The van der Waals surface area contributed by atoms with Crippen molar-refractivity contribution in [2.75, 3.05) is 40.3 Å². The van der Waals surface area contributed by atoms with Crippen molar-refractivity contribution < 1.29 is 24.9 Å². The molecule has 1 radical (unpaired) electrons. The van der Waals surface area contributed by atoms with E-state index >= 15 is 0 Å². The third-order valence-corrected chi connectivity index (χ3v) is 5.85. The molecule has 5 nitrogen and oxygen atoms in total. The Morgan fingerprint density at radius 3 is 2.57 bits per heavy atom. The number of nitrogens with zero attached hydrogens (tertiary/aromatic N) is 4. The molecule has 0 aromatic carbocycles. The molecule has 3 atom stereocenters. The molecule has 0 aromatic heterocycles. The molecular weight excluding hydrogens is 553 g/mol. The summed E-state index contributed by atoms with van der Waals surface area (Å²) < 4.78 is 0.